The van der Waals surface area contributed by atoms with E-state index >= 15 is 0 Å². The van der Waals surface area contributed by atoms with Gasteiger partial charge in [-0.2, -0.15) is 0 Å². The summed E-state index contributed by atoms with van der Waals surface area (Å²) in [5.41, 5.74) is 1.21. The molecule has 6 nitrogen and oxygen atoms in total. The van der Waals surface area contributed by atoms with Crippen molar-refractivity contribution < 1.29 is 9.47 Å². The van der Waals surface area contributed by atoms with Crippen molar-refractivity contribution in [3.8, 4) is 5.75 Å². The molecule has 6 heteroatoms. The van der Waals surface area contributed by atoms with Crippen LogP contribution >= 0.6 is 0 Å². The number of nitrogens with zero attached hydrogens (tertiary/aromatic N) is 2. The third kappa shape index (κ3) is 7.77. The van der Waals surface area contributed by atoms with Gasteiger partial charge in [0.1, 0.15) is 5.75 Å². The zero-order chi connectivity index (χ0) is 19.5. The molecule has 0 radical (unpaired) electrons. The lowest BCUT2D eigenvalue weighted by Gasteiger charge is -2.34. The Labute approximate surface area is 164 Å². The van der Waals surface area contributed by atoms with Gasteiger partial charge in [0.05, 0.1) is 19.3 Å². The van der Waals surface area contributed by atoms with Crippen molar-refractivity contribution in [2.45, 2.75) is 33.3 Å². The molecule has 0 bridgehead atoms. The lowest BCUT2D eigenvalue weighted by molar-refractivity contribution is -0.0284. The Balaban J connectivity index is 1.73. The summed E-state index contributed by atoms with van der Waals surface area (Å²) in [5.74, 6) is 2.46. The van der Waals surface area contributed by atoms with Crippen molar-refractivity contribution in [1.82, 2.24) is 15.5 Å². The minimum Gasteiger partial charge on any atom is -0.494 e. The van der Waals surface area contributed by atoms with Crippen LogP contribution in [0.1, 0.15) is 26.3 Å². The molecule has 1 aromatic rings. The van der Waals surface area contributed by atoms with Gasteiger partial charge in [0.2, 0.25) is 0 Å². The summed E-state index contributed by atoms with van der Waals surface area (Å²) in [6.07, 6.45) is 1.09. The van der Waals surface area contributed by atoms with Gasteiger partial charge < -0.3 is 20.1 Å². The molecule has 1 saturated heterocycles. The zero-order valence-electron chi connectivity index (χ0n) is 17.3. The molecule has 1 fully saturated rings. The fourth-order valence-corrected chi connectivity index (χ4v) is 3.34. The Morgan fingerprint density at radius 2 is 2.15 bits per heavy atom. The quantitative estimate of drug-likeness (QED) is 0.511. The number of nitrogens with one attached hydrogen (secondary N) is 2. The van der Waals surface area contributed by atoms with Crippen LogP contribution in [0.15, 0.2) is 29.3 Å². The van der Waals surface area contributed by atoms with Gasteiger partial charge in [-0.05, 0) is 30.9 Å². The molecule has 152 valence electrons. The van der Waals surface area contributed by atoms with E-state index < -0.39 is 0 Å². The van der Waals surface area contributed by atoms with Gasteiger partial charge in [-0.1, -0.05) is 32.0 Å². The number of ether oxygens (including phenoxy) is 2. The smallest absolute Gasteiger partial charge is 0.191 e. The normalized spacial score (nSPS) is 18.6. The van der Waals surface area contributed by atoms with Gasteiger partial charge in [-0.15, -0.1) is 0 Å². The van der Waals surface area contributed by atoms with Gasteiger partial charge >= 0.3 is 0 Å². The van der Waals surface area contributed by atoms with E-state index in [2.05, 4.69) is 40.4 Å². The molecule has 2 rings (SSSR count). The van der Waals surface area contributed by atoms with E-state index in [1.807, 2.05) is 25.1 Å². The molecule has 1 atom stereocenters. The van der Waals surface area contributed by atoms with E-state index in [1.165, 1.54) is 5.56 Å². The molecule has 1 aromatic carbocycles. The number of benzene rings is 1. The first kappa shape index (κ1) is 21.5. The lowest BCUT2D eigenvalue weighted by atomic mass is 10.1. The van der Waals surface area contributed by atoms with Gasteiger partial charge in [0.15, 0.2) is 5.96 Å². The number of hydrogen-bond acceptors (Lipinski definition) is 4. The SMILES string of the molecule is CCOc1ccccc1CCNC(=NC)NCC1CN(CC(C)C)CCO1. The highest BCUT2D eigenvalue weighted by Gasteiger charge is 2.21. The number of aliphatic imine (C=N–C) groups is 1. The Morgan fingerprint density at radius 1 is 1.33 bits per heavy atom. The highest BCUT2D eigenvalue weighted by Crippen LogP contribution is 2.17. The van der Waals surface area contributed by atoms with Crippen molar-refractivity contribution in [2.24, 2.45) is 10.9 Å². The monoisotopic (exact) mass is 376 g/mol. The fourth-order valence-electron chi connectivity index (χ4n) is 3.34. The molecule has 0 spiro atoms. The van der Waals surface area contributed by atoms with E-state index in [0.29, 0.717) is 12.5 Å². The van der Waals surface area contributed by atoms with E-state index in [0.717, 1.165) is 57.5 Å². The highest BCUT2D eigenvalue weighted by molar-refractivity contribution is 5.79. The number of guanidine groups is 1. The van der Waals surface area contributed by atoms with E-state index in [4.69, 9.17) is 9.47 Å². The van der Waals surface area contributed by atoms with Crippen LogP contribution in [0.25, 0.3) is 0 Å². The maximum atomic E-state index is 5.90. The Bertz CT molecular complexity index is 577. The third-order valence-electron chi connectivity index (χ3n) is 4.53. The molecule has 0 saturated carbocycles. The summed E-state index contributed by atoms with van der Waals surface area (Å²) in [6.45, 7) is 12.7. The number of para-hydroxylation sites is 1. The van der Waals surface area contributed by atoms with E-state index in [-0.39, 0.29) is 6.10 Å². The number of hydrogen-bond donors (Lipinski definition) is 2. The van der Waals surface area contributed by atoms with Crippen molar-refractivity contribution in [3.63, 3.8) is 0 Å². The number of rotatable bonds is 9. The number of morpholine rings is 1. The molecule has 2 N–H and O–H groups in total. The van der Waals surface area contributed by atoms with Crippen LogP contribution in [0.5, 0.6) is 5.75 Å². The molecule has 1 aliphatic heterocycles. The van der Waals surface area contributed by atoms with Crippen LogP contribution < -0.4 is 15.4 Å². The topological polar surface area (TPSA) is 58.1 Å². The van der Waals surface area contributed by atoms with Crippen LogP contribution in [0.3, 0.4) is 0 Å². The maximum Gasteiger partial charge on any atom is 0.191 e. The first-order valence-corrected chi connectivity index (χ1v) is 10.1. The van der Waals surface area contributed by atoms with Crippen molar-refractivity contribution >= 4 is 5.96 Å². The molecule has 27 heavy (non-hydrogen) atoms. The molecule has 1 aliphatic rings. The molecular weight excluding hydrogens is 340 g/mol. The van der Waals surface area contributed by atoms with Crippen molar-refractivity contribution in [1.29, 1.82) is 0 Å². The Morgan fingerprint density at radius 3 is 2.89 bits per heavy atom. The molecule has 0 aromatic heterocycles. The second kappa shape index (κ2) is 11.8. The highest BCUT2D eigenvalue weighted by atomic mass is 16.5. The summed E-state index contributed by atoms with van der Waals surface area (Å²) in [7, 11) is 1.80. The minimum absolute atomic E-state index is 0.203. The largest absolute Gasteiger partial charge is 0.494 e. The fraction of sp³-hybridized carbons (Fsp3) is 0.667. The molecule has 1 unspecified atom stereocenters. The summed E-state index contributed by atoms with van der Waals surface area (Å²) >= 11 is 0. The average molecular weight is 377 g/mol. The third-order valence-corrected chi connectivity index (χ3v) is 4.53. The Hall–Kier alpha value is -1.79. The van der Waals surface area contributed by atoms with Gasteiger partial charge in [-0.25, -0.2) is 0 Å². The van der Waals surface area contributed by atoms with Crippen LogP contribution in [-0.4, -0.2) is 69.9 Å². The van der Waals surface area contributed by atoms with Gasteiger partial charge in [0.25, 0.3) is 0 Å². The minimum atomic E-state index is 0.203. The van der Waals surface area contributed by atoms with Gasteiger partial charge in [-0.3, -0.25) is 9.89 Å². The van der Waals surface area contributed by atoms with Crippen LogP contribution in [0.2, 0.25) is 0 Å². The first-order chi connectivity index (χ1) is 13.1. The summed E-state index contributed by atoms with van der Waals surface area (Å²) in [5, 5.41) is 6.78. The van der Waals surface area contributed by atoms with Crippen molar-refractivity contribution in [2.75, 3.05) is 53.0 Å². The molecular formula is C21H36N4O2. The van der Waals surface area contributed by atoms with Crippen molar-refractivity contribution in [3.05, 3.63) is 29.8 Å². The van der Waals surface area contributed by atoms with Crippen LogP contribution in [0, 0.1) is 5.92 Å². The summed E-state index contributed by atoms with van der Waals surface area (Å²) in [6, 6.07) is 8.20. The Kier molecular flexibility index (Phi) is 9.42. The predicted molar refractivity (Wildman–Crippen MR) is 112 cm³/mol. The standard InChI is InChI=1S/C21H36N4O2/c1-5-26-20-9-7-6-8-18(20)10-11-23-21(22-4)24-14-19-16-25(12-13-27-19)15-17(2)3/h6-9,17,19H,5,10-16H2,1-4H3,(H2,22,23,24). The summed E-state index contributed by atoms with van der Waals surface area (Å²) in [4.78, 5) is 6.81. The molecule has 0 aliphatic carbocycles. The van der Waals surface area contributed by atoms with Gasteiger partial charge in [0, 0.05) is 39.8 Å². The van der Waals surface area contributed by atoms with Crippen LogP contribution in [-0.2, 0) is 11.2 Å². The second-order valence-corrected chi connectivity index (χ2v) is 7.32. The molecule has 1 heterocycles. The summed E-state index contributed by atoms with van der Waals surface area (Å²) < 4.78 is 11.6. The lowest BCUT2D eigenvalue weighted by Crippen LogP contribution is -2.50. The first-order valence-electron chi connectivity index (χ1n) is 10.1. The second-order valence-electron chi connectivity index (χ2n) is 7.32. The predicted octanol–water partition coefficient (Wildman–Crippen LogP) is 2.15. The van der Waals surface area contributed by atoms with E-state index in [1.54, 1.807) is 7.05 Å². The maximum absolute atomic E-state index is 5.90. The zero-order valence-corrected chi connectivity index (χ0v) is 17.3. The van der Waals surface area contributed by atoms with Crippen LogP contribution in [0.4, 0.5) is 0 Å². The molecule has 0 amide bonds. The average Bonchev–Trinajstić information content (AvgIpc) is 2.66. The van der Waals surface area contributed by atoms with E-state index in [9.17, 15) is 0 Å².